The van der Waals surface area contributed by atoms with Gasteiger partial charge in [-0.1, -0.05) is 20.3 Å². The van der Waals surface area contributed by atoms with Crippen LogP contribution in [-0.2, 0) is 9.53 Å². The number of carbonyl (C=O) groups is 2. The molecule has 2 amide bonds. The summed E-state index contributed by atoms with van der Waals surface area (Å²) in [5.74, 6) is -2.71. The second-order valence-corrected chi connectivity index (χ2v) is 8.78. The van der Waals surface area contributed by atoms with E-state index in [2.05, 4.69) is 24.5 Å². The Hall–Kier alpha value is -1.44. The van der Waals surface area contributed by atoms with Gasteiger partial charge in [0.25, 0.3) is 5.92 Å². The molecule has 0 radical (unpaired) electrons. The number of amides is 2. The second kappa shape index (κ2) is 10.9. The average molecular weight is 406 g/mol. The standard InChI is InChI=1S/C20H37F2N3O3/c1-6-15(2)13-23-11-8-7-9-16(24-18(27)28-19(3,4)5)17(26)25-12-10-20(21,22)14-25/h15-16,23H,6-14H2,1-5H3,(H,24,27)/t15?,16-/m0/s1. The predicted molar refractivity (Wildman–Crippen MR) is 105 cm³/mol. The van der Waals surface area contributed by atoms with Crippen LogP contribution in [0.2, 0.25) is 0 Å². The Morgan fingerprint density at radius 2 is 1.93 bits per heavy atom. The Labute approximate surface area is 167 Å². The van der Waals surface area contributed by atoms with Crippen LogP contribution in [-0.4, -0.2) is 60.6 Å². The van der Waals surface area contributed by atoms with Gasteiger partial charge < -0.3 is 20.3 Å². The van der Waals surface area contributed by atoms with E-state index in [-0.39, 0.29) is 13.0 Å². The van der Waals surface area contributed by atoms with E-state index in [4.69, 9.17) is 4.74 Å². The van der Waals surface area contributed by atoms with Crippen molar-refractivity contribution in [2.45, 2.75) is 84.3 Å². The lowest BCUT2D eigenvalue weighted by Crippen LogP contribution is -2.49. The molecule has 1 fully saturated rings. The van der Waals surface area contributed by atoms with Crippen LogP contribution in [0.4, 0.5) is 13.6 Å². The van der Waals surface area contributed by atoms with E-state index in [1.807, 2.05) is 0 Å². The van der Waals surface area contributed by atoms with Gasteiger partial charge >= 0.3 is 6.09 Å². The van der Waals surface area contributed by atoms with E-state index < -0.39 is 36.1 Å². The van der Waals surface area contributed by atoms with Crippen LogP contribution in [0.25, 0.3) is 0 Å². The molecular weight excluding hydrogens is 368 g/mol. The lowest BCUT2D eigenvalue weighted by atomic mass is 10.1. The number of unbranched alkanes of at least 4 members (excludes halogenated alkanes) is 1. The lowest BCUT2D eigenvalue weighted by Gasteiger charge is -2.26. The third kappa shape index (κ3) is 9.66. The molecule has 0 aromatic heterocycles. The van der Waals surface area contributed by atoms with E-state index in [1.165, 1.54) is 0 Å². The summed E-state index contributed by atoms with van der Waals surface area (Å²) in [7, 11) is 0. The van der Waals surface area contributed by atoms with Crippen LogP contribution in [0.3, 0.4) is 0 Å². The summed E-state index contributed by atoms with van der Waals surface area (Å²) in [5.41, 5.74) is -0.696. The molecule has 0 aliphatic carbocycles. The van der Waals surface area contributed by atoms with Gasteiger partial charge in [-0.3, -0.25) is 4.79 Å². The number of alkyl carbamates (subject to hydrolysis) is 1. The van der Waals surface area contributed by atoms with Crippen LogP contribution < -0.4 is 10.6 Å². The first kappa shape index (κ1) is 24.6. The van der Waals surface area contributed by atoms with Crippen molar-refractivity contribution in [2.75, 3.05) is 26.2 Å². The zero-order chi connectivity index (χ0) is 21.4. The highest BCUT2D eigenvalue weighted by atomic mass is 19.3. The van der Waals surface area contributed by atoms with Crippen LogP contribution in [0.15, 0.2) is 0 Å². The Bertz CT molecular complexity index is 509. The summed E-state index contributed by atoms with van der Waals surface area (Å²) >= 11 is 0. The summed E-state index contributed by atoms with van der Waals surface area (Å²) in [5, 5.41) is 5.95. The number of nitrogens with one attached hydrogen (secondary N) is 2. The number of likely N-dealkylation sites (tertiary alicyclic amines) is 1. The van der Waals surface area contributed by atoms with Crippen molar-refractivity contribution in [2.24, 2.45) is 5.92 Å². The maximum absolute atomic E-state index is 13.5. The molecule has 164 valence electrons. The number of rotatable bonds is 10. The number of ether oxygens (including phenoxy) is 1. The Morgan fingerprint density at radius 1 is 1.25 bits per heavy atom. The van der Waals surface area contributed by atoms with Crippen molar-refractivity contribution < 1.29 is 23.1 Å². The molecule has 0 spiro atoms. The molecule has 1 heterocycles. The molecule has 8 heteroatoms. The smallest absolute Gasteiger partial charge is 0.408 e. The van der Waals surface area contributed by atoms with E-state index in [0.717, 1.165) is 30.8 Å². The van der Waals surface area contributed by atoms with Crippen molar-refractivity contribution in [3.05, 3.63) is 0 Å². The second-order valence-electron chi connectivity index (χ2n) is 8.78. The molecule has 1 unspecified atom stereocenters. The SMILES string of the molecule is CCC(C)CNCCCC[C@H](NC(=O)OC(C)(C)C)C(=O)N1CCC(F)(F)C1. The van der Waals surface area contributed by atoms with E-state index >= 15 is 0 Å². The third-order valence-electron chi connectivity index (χ3n) is 4.76. The fourth-order valence-electron chi connectivity index (χ4n) is 2.94. The molecule has 0 aromatic rings. The maximum atomic E-state index is 13.5. The molecule has 1 aliphatic heterocycles. The summed E-state index contributed by atoms with van der Waals surface area (Å²) in [4.78, 5) is 25.9. The highest BCUT2D eigenvalue weighted by Crippen LogP contribution is 2.27. The minimum atomic E-state index is -2.86. The molecule has 0 saturated carbocycles. The molecule has 1 saturated heterocycles. The number of alkyl halides is 2. The van der Waals surface area contributed by atoms with Crippen molar-refractivity contribution in [1.82, 2.24) is 15.5 Å². The first-order chi connectivity index (χ1) is 12.9. The number of carbonyl (C=O) groups excluding carboxylic acids is 2. The minimum Gasteiger partial charge on any atom is -0.444 e. The number of halogens is 2. The van der Waals surface area contributed by atoms with Crippen LogP contribution in [0.5, 0.6) is 0 Å². The van der Waals surface area contributed by atoms with Crippen LogP contribution in [0.1, 0.15) is 66.7 Å². The Kier molecular flexibility index (Phi) is 9.60. The summed E-state index contributed by atoms with van der Waals surface area (Å²) < 4.78 is 32.2. The summed E-state index contributed by atoms with van der Waals surface area (Å²) in [6, 6.07) is -0.849. The first-order valence-electron chi connectivity index (χ1n) is 10.3. The topological polar surface area (TPSA) is 70.7 Å². The van der Waals surface area contributed by atoms with E-state index in [9.17, 15) is 18.4 Å². The monoisotopic (exact) mass is 405 g/mol. The maximum Gasteiger partial charge on any atom is 0.408 e. The molecule has 6 nitrogen and oxygen atoms in total. The molecule has 0 bridgehead atoms. The molecule has 28 heavy (non-hydrogen) atoms. The van der Waals surface area contributed by atoms with Crippen LogP contribution >= 0.6 is 0 Å². The quantitative estimate of drug-likeness (QED) is 0.545. The van der Waals surface area contributed by atoms with Gasteiger partial charge in [-0.15, -0.1) is 0 Å². The van der Waals surface area contributed by atoms with E-state index in [1.54, 1.807) is 20.8 Å². The zero-order valence-corrected chi connectivity index (χ0v) is 17.9. The number of hydrogen-bond donors (Lipinski definition) is 2. The van der Waals surface area contributed by atoms with Gasteiger partial charge in [0.1, 0.15) is 11.6 Å². The largest absolute Gasteiger partial charge is 0.444 e. The molecular formula is C20H37F2N3O3. The van der Waals surface area contributed by atoms with Gasteiger partial charge in [0, 0.05) is 13.0 Å². The Balaban J connectivity index is 2.55. The molecule has 0 aromatic carbocycles. The number of hydrogen-bond acceptors (Lipinski definition) is 4. The summed E-state index contributed by atoms with van der Waals surface area (Å²) in [6.45, 7) is 10.7. The number of nitrogens with zero attached hydrogens (tertiary/aromatic N) is 1. The Morgan fingerprint density at radius 3 is 2.46 bits per heavy atom. The normalized spacial score (nSPS) is 18.6. The zero-order valence-electron chi connectivity index (χ0n) is 17.9. The van der Waals surface area contributed by atoms with Gasteiger partial charge in [-0.05, 0) is 59.0 Å². The van der Waals surface area contributed by atoms with Crippen molar-refractivity contribution in [3.8, 4) is 0 Å². The predicted octanol–water partition coefficient (Wildman–Crippen LogP) is 3.55. The van der Waals surface area contributed by atoms with E-state index in [0.29, 0.717) is 18.8 Å². The van der Waals surface area contributed by atoms with Gasteiger partial charge in [-0.25, -0.2) is 13.6 Å². The van der Waals surface area contributed by atoms with Gasteiger partial charge in [-0.2, -0.15) is 0 Å². The summed E-state index contributed by atoms with van der Waals surface area (Å²) in [6.07, 6.45) is 2.01. The molecule has 2 N–H and O–H groups in total. The highest BCUT2D eigenvalue weighted by Gasteiger charge is 2.42. The third-order valence-corrected chi connectivity index (χ3v) is 4.76. The van der Waals surface area contributed by atoms with Gasteiger partial charge in [0.2, 0.25) is 5.91 Å². The van der Waals surface area contributed by atoms with Crippen molar-refractivity contribution in [1.29, 1.82) is 0 Å². The highest BCUT2D eigenvalue weighted by molar-refractivity contribution is 5.86. The van der Waals surface area contributed by atoms with Crippen molar-refractivity contribution >= 4 is 12.0 Å². The van der Waals surface area contributed by atoms with Crippen LogP contribution in [0, 0.1) is 5.92 Å². The molecule has 2 atom stereocenters. The molecule has 1 aliphatic rings. The average Bonchev–Trinajstić information content (AvgIpc) is 2.94. The first-order valence-corrected chi connectivity index (χ1v) is 10.3. The van der Waals surface area contributed by atoms with Gasteiger partial charge in [0.15, 0.2) is 0 Å². The van der Waals surface area contributed by atoms with Crippen molar-refractivity contribution in [3.63, 3.8) is 0 Å². The molecule has 1 rings (SSSR count). The van der Waals surface area contributed by atoms with Gasteiger partial charge in [0.05, 0.1) is 6.54 Å². The fourth-order valence-corrected chi connectivity index (χ4v) is 2.94. The minimum absolute atomic E-state index is 0.00872. The lowest BCUT2D eigenvalue weighted by molar-refractivity contribution is -0.134. The fraction of sp³-hybridized carbons (Fsp3) is 0.900.